The number of aromatic nitrogens is 1. The molecule has 5 rings (SSSR count). The number of aliphatic hydroxyl groups is 1. The van der Waals surface area contributed by atoms with Gasteiger partial charge in [0.2, 0.25) is 21.8 Å². The maximum Gasteiger partial charge on any atom is 0.244 e. The number of carbonyl (C=O) groups is 1. The largest absolute Gasteiger partial charge is 0.491 e. The highest BCUT2D eigenvalue weighted by Gasteiger charge is 2.45. The van der Waals surface area contributed by atoms with E-state index in [1.165, 1.54) is 28.7 Å². The first-order valence-electron chi connectivity index (χ1n) is 14.0. The second-order valence-electron chi connectivity index (χ2n) is 11.1. The highest BCUT2D eigenvalue weighted by Crippen LogP contribution is 2.38. The lowest BCUT2D eigenvalue weighted by atomic mass is 9.88. The molecule has 1 spiro atoms. The molecule has 4 N–H and O–H groups in total. The lowest BCUT2D eigenvalue weighted by molar-refractivity contribution is -0.115. The number of sulfone groups is 1. The molecule has 236 valence electrons. The molecule has 16 heteroatoms. The monoisotopic (exact) mass is 639 g/mol. The highest BCUT2D eigenvalue weighted by molar-refractivity contribution is 7.92. The number of carbonyl (C=O) groups excluding carboxylic acids is 1. The number of rotatable bonds is 11. The molecular formula is C27H37N5O9S2. The summed E-state index contributed by atoms with van der Waals surface area (Å²) in [6.07, 6.45) is 2.24. The Kier molecular flexibility index (Phi) is 9.15. The number of aliphatic hydroxyl groups excluding tert-OH is 1. The number of sulfonamides is 1. The number of nitrogens with zero attached hydrogens (tertiary/aromatic N) is 3. The Morgan fingerprint density at radius 3 is 2.72 bits per heavy atom. The summed E-state index contributed by atoms with van der Waals surface area (Å²) in [5.74, 6) is -1.09. The van der Waals surface area contributed by atoms with Crippen LogP contribution in [-0.4, -0.2) is 114 Å². The first kappa shape index (κ1) is 31.4. The van der Waals surface area contributed by atoms with Crippen molar-refractivity contribution in [3.63, 3.8) is 0 Å². The van der Waals surface area contributed by atoms with Gasteiger partial charge in [-0.3, -0.25) is 4.79 Å². The van der Waals surface area contributed by atoms with E-state index in [9.17, 15) is 26.7 Å². The van der Waals surface area contributed by atoms with Crippen molar-refractivity contribution in [2.45, 2.75) is 46.8 Å². The second kappa shape index (κ2) is 12.5. The fourth-order valence-electron chi connectivity index (χ4n) is 5.54. The number of fused-ring (bicyclic) bond motifs is 1. The summed E-state index contributed by atoms with van der Waals surface area (Å²) < 4.78 is 70.0. The topological polar surface area (TPSA) is 191 Å². The van der Waals surface area contributed by atoms with Gasteiger partial charge in [-0.2, -0.15) is 4.31 Å². The lowest BCUT2D eigenvalue weighted by Gasteiger charge is -2.38. The third-order valence-electron chi connectivity index (χ3n) is 7.95. The van der Waals surface area contributed by atoms with Crippen LogP contribution in [-0.2, 0) is 29.4 Å². The van der Waals surface area contributed by atoms with E-state index >= 15 is 0 Å². The molecule has 0 aliphatic carbocycles. The summed E-state index contributed by atoms with van der Waals surface area (Å²) in [5, 5.41) is 13.7. The van der Waals surface area contributed by atoms with Crippen LogP contribution >= 0.6 is 0 Å². The lowest BCUT2D eigenvalue weighted by Crippen LogP contribution is -2.47. The fourth-order valence-corrected chi connectivity index (χ4v) is 8.07. The van der Waals surface area contributed by atoms with Crippen LogP contribution in [0.25, 0.3) is 0 Å². The summed E-state index contributed by atoms with van der Waals surface area (Å²) in [7, 11) is -5.73. The molecule has 43 heavy (non-hydrogen) atoms. The van der Waals surface area contributed by atoms with Crippen molar-refractivity contribution < 1.29 is 40.9 Å². The van der Waals surface area contributed by atoms with Crippen molar-refractivity contribution >= 4 is 31.5 Å². The van der Waals surface area contributed by atoms with E-state index in [2.05, 4.69) is 10.3 Å². The molecule has 1 aromatic heterocycles. The molecule has 0 bridgehead atoms. The van der Waals surface area contributed by atoms with Gasteiger partial charge in [-0.05, 0) is 43.5 Å². The first-order chi connectivity index (χ1) is 20.4. The molecular weight excluding hydrogens is 602 g/mol. The van der Waals surface area contributed by atoms with E-state index in [1.807, 2.05) is 11.9 Å². The Morgan fingerprint density at radius 2 is 1.98 bits per heavy atom. The zero-order valence-electron chi connectivity index (χ0n) is 23.8. The fraction of sp³-hybridized carbons (Fsp3) is 0.556. The van der Waals surface area contributed by atoms with Crippen LogP contribution in [0.3, 0.4) is 0 Å². The van der Waals surface area contributed by atoms with Gasteiger partial charge in [-0.25, -0.2) is 21.8 Å². The van der Waals surface area contributed by atoms with Crippen molar-refractivity contribution in [1.82, 2.24) is 14.6 Å². The number of likely N-dealkylation sites (N-methyl/N-ethyl adjacent to an activating group) is 1. The average molecular weight is 640 g/mol. The zero-order chi connectivity index (χ0) is 30.8. The SMILES string of the molecule is CN1CCOc2ncc(S(=O)(=O)N3CCC4(CC3)C[C@@H](NCC(O)COc3cccc(S(=O)(=O)CC(N)=O)c3)CO4)cc21. The van der Waals surface area contributed by atoms with E-state index in [-0.39, 0.29) is 34.7 Å². The molecule has 2 fully saturated rings. The minimum absolute atomic E-state index is 0.0274. The quantitative estimate of drug-likeness (QED) is 0.286. The van der Waals surface area contributed by atoms with Crippen LogP contribution in [0.1, 0.15) is 19.3 Å². The van der Waals surface area contributed by atoms with Crippen molar-refractivity contribution in [1.29, 1.82) is 0 Å². The Hall–Kier alpha value is -3.02. The molecule has 2 saturated heterocycles. The van der Waals surface area contributed by atoms with Crippen LogP contribution in [0.5, 0.6) is 11.6 Å². The highest BCUT2D eigenvalue weighted by atomic mass is 32.2. The number of benzene rings is 1. The summed E-state index contributed by atoms with van der Waals surface area (Å²) in [4.78, 5) is 17.3. The molecule has 2 atom stereocenters. The number of hydrogen-bond acceptors (Lipinski definition) is 12. The van der Waals surface area contributed by atoms with Gasteiger partial charge in [0, 0.05) is 32.7 Å². The summed E-state index contributed by atoms with van der Waals surface area (Å²) >= 11 is 0. The predicted octanol–water partition coefficient (Wildman–Crippen LogP) is -0.489. The molecule has 3 aliphatic rings. The minimum Gasteiger partial charge on any atom is -0.491 e. The van der Waals surface area contributed by atoms with Crippen LogP contribution < -0.4 is 25.4 Å². The number of nitrogens with two attached hydrogens (primary N) is 1. The van der Waals surface area contributed by atoms with E-state index in [0.717, 1.165) is 0 Å². The molecule has 1 unspecified atom stereocenters. The molecule has 1 aromatic carbocycles. The number of amides is 1. The standard InChI is InChI=1S/C27H37N5O9S2/c1-31-9-10-39-26-24(31)12-23(15-30-26)43(37,38)32-7-5-27(6-8-32)13-19(16-41-27)29-14-20(33)17-40-21-3-2-4-22(11-21)42(35,36)18-25(28)34/h2-4,11-12,15,19-20,29,33H,5-10,13-14,16-18H2,1H3,(H2,28,34)/t19-,20?/m1/s1. The molecule has 2 aromatic rings. The Labute approximate surface area is 251 Å². The maximum absolute atomic E-state index is 13.4. The summed E-state index contributed by atoms with van der Waals surface area (Å²) in [6, 6.07) is 7.26. The normalized spacial score (nSPS) is 21.3. The third kappa shape index (κ3) is 7.21. The predicted molar refractivity (Wildman–Crippen MR) is 155 cm³/mol. The average Bonchev–Trinajstić information content (AvgIpc) is 3.36. The van der Waals surface area contributed by atoms with Crippen molar-refractivity contribution in [3.8, 4) is 11.6 Å². The van der Waals surface area contributed by atoms with Gasteiger partial charge in [0.15, 0.2) is 9.84 Å². The molecule has 0 saturated carbocycles. The number of piperidine rings is 1. The van der Waals surface area contributed by atoms with Crippen LogP contribution in [0.15, 0.2) is 46.3 Å². The van der Waals surface area contributed by atoms with Gasteiger partial charge in [0.1, 0.15) is 41.4 Å². The Balaban J connectivity index is 1.08. The Bertz CT molecular complexity index is 1550. The van der Waals surface area contributed by atoms with E-state index in [0.29, 0.717) is 63.7 Å². The number of anilines is 1. The van der Waals surface area contributed by atoms with Crippen LogP contribution in [0.2, 0.25) is 0 Å². The summed E-state index contributed by atoms with van der Waals surface area (Å²) in [6.45, 7) is 2.36. The maximum atomic E-state index is 13.4. The minimum atomic E-state index is -3.88. The first-order valence-corrected chi connectivity index (χ1v) is 17.1. The van der Waals surface area contributed by atoms with Gasteiger partial charge in [-0.15, -0.1) is 0 Å². The number of hydrogen-bond donors (Lipinski definition) is 3. The number of primary amides is 1. The molecule has 1 amide bonds. The molecule has 3 aliphatic heterocycles. The summed E-state index contributed by atoms with van der Waals surface area (Å²) in [5.41, 5.74) is 5.23. The van der Waals surface area contributed by atoms with Gasteiger partial charge >= 0.3 is 0 Å². The zero-order valence-corrected chi connectivity index (χ0v) is 25.5. The van der Waals surface area contributed by atoms with Crippen molar-refractivity contribution in [2.75, 3.05) is 63.7 Å². The van der Waals surface area contributed by atoms with Gasteiger partial charge in [-0.1, -0.05) is 6.07 Å². The molecule has 4 heterocycles. The number of pyridine rings is 1. The third-order valence-corrected chi connectivity index (χ3v) is 11.4. The molecule has 0 radical (unpaired) electrons. The number of ether oxygens (including phenoxy) is 3. The van der Waals surface area contributed by atoms with E-state index in [1.54, 1.807) is 12.1 Å². The van der Waals surface area contributed by atoms with Gasteiger partial charge in [0.25, 0.3) is 0 Å². The van der Waals surface area contributed by atoms with Crippen LogP contribution in [0.4, 0.5) is 5.69 Å². The number of nitrogens with one attached hydrogen (secondary N) is 1. The van der Waals surface area contributed by atoms with Crippen molar-refractivity contribution in [3.05, 3.63) is 36.5 Å². The van der Waals surface area contributed by atoms with Gasteiger partial charge in [0.05, 0.1) is 29.8 Å². The van der Waals surface area contributed by atoms with E-state index < -0.39 is 43.2 Å². The van der Waals surface area contributed by atoms with E-state index in [4.69, 9.17) is 19.9 Å². The van der Waals surface area contributed by atoms with Gasteiger partial charge < -0.3 is 35.3 Å². The second-order valence-corrected chi connectivity index (χ2v) is 15.1. The van der Waals surface area contributed by atoms with Crippen LogP contribution in [0, 0.1) is 0 Å². The Morgan fingerprint density at radius 1 is 1.21 bits per heavy atom. The molecule has 14 nitrogen and oxygen atoms in total. The van der Waals surface area contributed by atoms with Crippen molar-refractivity contribution in [2.24, 2.45) is 5.73 Å². The smallest absolute Gasteiger partial charge is 0.244 e.